The first-order chi connectivity index (χ1) is 7.72. The summed E-state index contributed by atoms with van der Waals surface area (Å²) in [6, 6.07) is 5.42. The molecule has 1 amide bonds. The molecule has 2 aromatic rings. The van der Waals surface area contributed by atoms with Crippen LogP contribution in [0.25, 0.3) is 10.9 Å². The van der Waals surface area contributed by atoms with E-state index >= 15 is 0 Å². The van der Waals surface area contributed by atoms with Crippen LogP contribution in [-0.2, 0) is 6.54 Å². The van der Waals surface area contributed by atoms with Gasteiger partial charge in [-0.25, -0.2) is 0 Å². The van der Waals surface area contributed by atoms with Gasteiger partial charge in [-0.1, -0.05) is 19.4 Å². The Bertz CT molecular complexity index is 516. The van der Waals surface area contributed by atoms with Crippen LogP contribution in [0, 0.1) is 0 Å². The number of benzene rings is 1. The Morgan fingerprint density at radius 3 is 3.00 bits per heavy atom. The lowest BCUT2D eigenvalue weighted by molar-refractivity contribution is 0.100. The van der Waals surface area contributed by atoms with E-state index in [2.05, 4.69) is 12.0 Å². The highest BCUT2D eigenvalue weighted by atomic mass is 16.1. The topological polar surface area (TPSA) is 60.9 Å². The first-order valence-electron chi connectivity index (χ1n) is 5.47. The van der Waals surface area contributed by atoms with E-state index in [4.69, 9.17) is 5.73 Å². The second-order valence-corrected chi connectivity index (χ2v) is 3.86. The fourth-order valence-corrected chi connectivity index (χ4v) is 1.71. The van der Waals surface area contributed by atoms with E-state index in [-0.39, 0.29) is 0 Å². The minimum atomic E-state index is -0.398. The fourth-order valence-electron chi connectivity index (χ4n) is 1.71. The van der Waals surface area contributed by atoms with Crippen LogP contribution in [-0.4, -0.2) is 15.7 Å². The Hall–Kier alpha value is -1.84. The van der Waals surface area contributed by atoms with Crippen LogP contribution in [0.5, 0.6) is 0 Å². The van der Waals surface area contributed by atoms with E-state index in [1.165, 1.54) is 0 Å². The predicted octanol–water partition coefficient (Wildman–Crippen LogP) is 1.94. The summed E-state index contributed by atoms with van der Waals surface area (Å²) in [4.78, 5) is 11.1. The molecule has 0 unspecified atom stereocenters. The van der Waals surface area contributed by atoms with Crippen molar-refractivity contribution >= 4 is 16.8 Å². The molecule has 0 spiro atoms. The molecule has 0 bridgehead atoms. The van der Waals surface area contributed by atoms with Crippen molar-refractivity contribution in [3.63, 3.8) is 0 Å². The SMILES string of the molecule is CCCCn1ncc2ccc(C(N)=O)cc21. The second kappa shape index (κ2) is 4.35. The molecule has 4 nitrogen and oxygen atoms in total. The Morgan fingerprint density at radius 2 is 2.31 bits per heavy atom. The molecule has 0 aliphatic rings. The number of unbranched alkanes of at least 4 members (excludes halogenated alkanes) is 1. The van der Waals surface area contributed by atoms with Gasteiger partial charge in [-0.05, 0) is 18.6 Å². The van der Waals surface area contributed by atoms with Crippen molar-refractivity contribution in [1.82, 2.24) is 9.78 Å². The standard InChI is InChI=1S/C12H15N3O/c1-2-3-6-15-11-7-9(12(13)16)4-5-10(11)8-14-15/h4-5,7-8H,2-3,6H2,1H3,(H2,13,16). The van der Waals surface area contributed by atoms with Crippen LogP contribution < -0.4 is 5.73 Å². The molecule has 1 aromatic carbocycles. The summed E-state index contributed by atoms with van der Waals surface area (Å²) in [5.74, 6) is -0.398. The number of nitrogens with zero attached hydrogens (tertiary/aromatic N) is 2. The van der Waals surface area contributed by atoms with Gasteiger partial charge in [-0.3, -0.25) is 9.48 Å². The maximum atomic E-state index is 11.1. The minimum absolute atomic E-state index is 0.398. The van der Waals surface area contributed by atoms with Gasteiger partial charge >= 0.3 is 0 Å². The van der Waals surface area contributed by atoms with E-state index in [0.717, 1.165) is 30.3 Å². The average Bonchev–Trinajstić information content (AvgIpc) is 2.68. The summed E-state index contributed by atoms with van der Waals surface area (Å²) in [6.45, 7) is 3.02. The summed E-state index contributed by atoms with van der Waals surface area (Å²) >= 11 is 0. The molecule has 2 rings (SSSR count). The molecule has 0 aliphatic carbocycles. The lowest BCUT2D eigenvalue weighted by atomic mass is 10.1. The zero-order valence-corrected chi connectivity index (χ0v) is 9.31. The number of primary amides is 1. The Labute approximate surface area is 94.0 Å². The van der Waals surface area contributed by atoms with Crippen LogP contribution in [0.15, 0.2) is 24.4 Å². The van der Waals surface area contributed by atoms with Crippen molar-refractivity contribution in [2.45, 2.75) is 26.3 Å². The number of nitrogens with two attached hydrogens (primary N) is 1. The van der Waals surface area contributed by atoms with Gasteiger partial charge in [0.1, 0.15) is 0 Å². The molecule has 16 heavy (non-hydrogen) atoms. The van der Waals surface area contributed by atoms with Gasteiger partial charge in [0, 0.05) is 17.5 Å². The van der Waals surface area contributed by atoms with Gasteiger partial charge in [0.05, 0.1) is 11.7 Å². The van der Waals surface area contributed by atoms with Crippen molar-refractivity contribution in [2.75, 3.05) is 0 Å². The monoisotopic (exact) mass is 217 g/mol. The minimum Gasteiger partial charge on any atom is -0.366 e. The van der Waals surface area contributed by atoms with Crippen LogP contribution in [0.2, 0.25) is 0 Å². The number of fused-ring (bicyclic) bond motifs is 1. The Kier molecular flexibility index (Phi) is 2.90. The highest BCUT2D eigenvalue weighted by molar-refractivity contribution is 5.96. The van der Waals surface area contributed by atoms with Crippen molar-refractivity contribution in [3.8, 4) is 0 Å². The van der Waals surface area contributed by atoms with Crippen molar-refractivity contribution < 1.29 is 4.79 Å². The lowest BCUT2D eigenvalue weighted by Gasteiger charge is -2.02. The number of amides is 1. The van der Waals surface area contributed by atoms with Crippen LogP contribution >= 0.6 is 0 Å². The highest BCUT2D eigenvalue weighted by Crippen LogP contribution is 2.16. The average molecular weight is 217 g/mol. The van der Waals surface area contributed by atoms with Crippen LogP contribution in [0.4, 0.5) is 0 Å². The van der Waals surface area contributed by atoms with E-state index in [1.807, 2.05) is 16.9 Å². The van der Waals surface area contributed by atoms with Gasteiger partial charge < -0.3 is 5.73 Å². The van der Waals surface area contributed by atoms with Gasteiger partial charge in [-0.15, -0.1) is 0 Å². The Balaban J connectivity index is 2.43. The van der Waals surface area contributed by atoms with Gasteiger partial charge in [0.15, 0.2) is 0 Å². The fraction of sp³-hybridized carbons (Fsp3) is 0.333. The van der Waals surface area contributed by atoms with Gasteiger partial charge in [0.25, 0.3) is 0 Å². The normalized spacial score (nSPS) is 10.8. The first-order valence-corrected chi connectivity index (χ1v) is 5.47. The molecule has 0 fully saturated rings. The van der Waals surface area contributed by atoms with Gasteiger partial charge in [-0.2, -0.15) is 5.10 Å². The summed E-state index contributed by atoms with van der Waals surface area (Å²) in [6.07, 6.45) is 4.02. The van der Waals surface area contributed by atoms with Crippen LogP contribution in [0.1, 0.15) is 30.1 Å². The molecule has 0 aliphatic heterocycles. The zero-order valence-electron chi connectivity index (χ0n) is 9.31. The number of carbonyl (C=O) groups excluding carboxylic acids is 1. The van der Waals surface area contributed by atoms with Crippen molar-refractivity contribution in [2.24, 2.45) is 5.73 Å². The van der Waals surface area contributed by atoms with Crippen molar-refractivity contribution in [1.29, 1.82) is 0 Å². The molecular weight excluding hydrogens is 202 g/mol. The van der Waals surface area contributed by atoms with Crippen molar-refractivity contribution in [3.05, 3.63) is 30.0 Å². The molecule has 0 atom stereocenters. The van der Waals surface area contributed by atoms with E-state index in [1.54, 1.807) is 12.1 Å². The predicted molar refractivity (Wildman–Crippen MR) is 63.2 cm³/mol. The van der Waals surface area contributed by atoms with Crippen LogP contribution in [0.3, 0.4) is 0 Å². The summed E-state index contributed by atoms with van der Waals surface area (Å²) in [5, 5.41) is 5.34. The number of hydrogen-bond donors (Lipinski definition) is 1. The zero-order chi connectivity index (χ0) is 11.5. The summed E-state index contributed by atoms with van der Waals surface area (Å²) < 4.78 is 1.92. The molecular formula is C12H15N3O. The molecule has 1 aromatic heterocycles. The number of rotatable bonds is 4. The third-order valence-electron chi connectivity index (χ3n) is 2.65. The molecule has 1 heterocycles. The molecule has 0 radical (unpaired) electrons. The molecule has 0 saturated carbocycles. The molecule has 84 valence electrons. The summed E-state index contributed by atoms with van der Waals surface area (Å²) in [5.41, 5.74) is 6.76. The Morgan fingerprint density at radius 1 is 1.50 bits per heavy atom. The molecule has 2 N–H and O–H groups in total. The lowest BCUT2D eigenvalue weighted by Crippen LogP contribution is -2.10. The molecule has 0 saturated heterocycles. The second-order valence-electron chi connectivity index (χ2n) is 3.86. The summed E-state index contributed by atoms with van der Waals surface area (Å²) in [7, 11) is 0. The molecule has 4 heteroatoms. The highest BCUT2D eigenvalue weighted by Gasteiger charge is 2.06. The maximum absolute atomic E-state index is 11.1. The van der Waals surface area contributed by atoms with E-state index in [9.17, 15) is 4.79 Å². The number of hydrogen-bond acceptors (Lipinski definition) is 2. The number of aryl methyl sites for hydroxylation is 1. The number of aromatic nitrogens is 2. The van der Waals surface area contributed by atoms with Gasteiger partial charge in [0.2, 0.25) is 5.91 Å². The van der Waals surface area contributed by atoms with E-state index in [0.29, 0.717) is 5.56 Å². The first kappa shape index (κ1) is 10.7. The maximum Gasteiger partial charge on any atom is 0.248 e. The third-order valence-corrected chi connectivity index (χ3v) is 2.65. The van der Waals surface area contributed by atoms with E-state index < -0.39 is 5.91 Å². The smallest absolute Gasteiger partial charge is 0.248 e. The largest absolute Gasteiger partial charge is 0.366 e. The quantitative estimate of drug-likeness (QED) is 0.850. The third kappa shape index (κ3) is 1.91. The number of carbonyl (C=O) groups is 1.